The fourth-order valence-corrected chi connectivity index (χ4v) is 3.35. The number of nitrogens with one attached hydrogen (secondary N) is 2. The summed E-state index contributed by atoms with van der Waals surface area (Å²) in [5.74, 6) is -0.338. The van der Waals surface area contributed by atoms with E-state index in [4.69, 9.17) is 5.73 Å². The van der Waals surface area contributed by atoms with Gasteiger partial charge in [-0.2, -0.15) is 0 Å². The molecule has 3 aromatic rings. The third-order valence-corrected chi connectivity index (χ3v) is 5.15. The lowest BCUT2D eigenvalue weighted by atomic mass is 10.2. The van der Waals surface area contributed by atoms with E-state index in [9.17, 15) is 9.59 Å². The Kier molecular flexibility index (Phi) is 7.52. The highest BCUT2D eigenvalue weighted by molar-refractivity contribution is 7.09. The maximum atomic E-state index is 12.8. The Morgan fingerprint density at radius 1 is 1.10 bits per heavy atom. The lowest BCUT2D eigenvalue weighted by molar-refractivity contribution is 0.102. The lowest BCUT2D eigenvalue weighted by Crippen LogP contribution is -2.39. The quantitative estimate of drug-likeness (QED) is 0.497. The number of aromatic nitrogens is 2. The maximum Gasteiger partial charge on any atom is 0.322 e. The molecule has 10 heteroatoms. The zero-order valence-corrected chi connectivity index (χ0v) is 18.2. The van der Waals surface area contributed by atoms with Gasteiger partial charge < -0.3 is 26.2 Å². The number of nitrogen functional groups attached to an aromatic ring is 1. The molecule has 0 aliphatic heterocycles. The standard InChI is InChI=1S/C21H25N7O2S/c1-27(2)8-9-28(21(30)25-16-4-3-7-23-11-16)12-15-5-6-18(24-10-15)20(29)26-19-14-31-13-17(19)22/h3-7,10-11,13-14H,8-9,12,22H2,1-2H3,(H,25,30)(H,26,29). The Bertz CT molecular complexity index is 1010. The summed E-state index contributed by atoms with van der Waals surface area (Å²) < 4.78 is 0. The molecule has 0 radical (unpaired) electrons. The molecule has 0 aliphatic carbocycles. The van der Waals surface area contributed by atoms with Crippen LogP contribution in [-0.2, 0) is 6.54 Å². The number of urea groups is 1. The minimum Gasteiger partial charge on any atom is -0.396 e. The normalized spacial score (nSPS) is 10.7. The maximum absolute atomic E-state index is 12.8. The predicted molar refractivity (Wildman–Crippen MR) is 123 cm³/mol. The van der Waals surface area contributed by atoms with Gasteiger partial charge in [0.2, 0.25) is 0 Å². The van der Waals surface area contributed by atoms with Gasteiger partial charge in [0.05, 0.1) is 23.3 Å². The van der Waals surface area contributed by atoms with Crippen LogP contribution in [0, 0.1) is 0 Å². The second-order valence-electron chi connectivity index (χ2n) is 7.14. The van der Waals surface area contributed by atoms with E-state index >= 15 is 0 Å². The second-order valence-corrected chi connectivity index (χ2v) is 7.89. The van der Waals surface area contributed by atoms with Gasteiger partial charge >= 0.3 is 6.03 Å². The number of hydrogen-bond acceptors (Lipinski definition) is 7. The number of nitrogens with zero attached hydrogens (tertiary/aromatic N) is 4. The number of anilines is 3. The summed E-state index contributed by atoms with van der Waals surface area (Å²) in [4.78, 5) is 37.1. The second kappa shape index (κ2) is 10.5. The number of hydrogen-bond donors (Lipinski definition) is 3. The predicted octanol–water partition coefficient (Wildman–Crippen LogP) is 2.97. The third kappa shape index (κ3) is 6.49. The SMILES string of the molecule is CN(C)CCN(Cc1ccc(C(=O)Nc2cscc2N)nc1)C(=O)Nc1cccnc1. The van der Waals surface area contributed by atoms with Crippen LogP contribution in [0.3, 0.4) is 0 Å². The van der Waals surface area contributed by atoms with Crippen molar-refractivity contribution in [3.63, 3.8) is 0 Å². The molecule has 3 amide bonds. The van der Waals surface area contributed by atoms with E-state index in [-0.39, 0.29) is 17.6 Å². The molecular formula is C21H25N7O2S. The summed E-state index contributed by atoms with van der Waals surface area (Å²) in [6.45, 7) is 1.58. The first-order valence-electron chi connectivity index (χ1n) is 9.61. The lowest BCUT2D eigenvalue weighted by Gasteiger charge is -2.24. The summed E-state index contributed by atoms with van der Waals surface area (Å²) in [7, 11) is 3.90. The molecule has 0 saturated carbocycles. The third-order valence-electron chi connectivity index (χ3n) is 4.39. The van der Waals surface area contributed by atoms with Crippen LogP contribution in [0.2, 0.25) is 0 Å². The Balaban J connectivity index is 1.66. The first-order valence-corrected chi connectivity index (χ1v) is 10.6. The number of pyridine rings is 2. The number of amides is 3. The van der Waals surface area contributed by atoms with Crippen molar-refractivity contribution < 1.29 is 9.59 Å². The number of thiophene rings is 1. The topological polar surface area (TPSA) is 116 Å². The number of carbonyl (C=O) groups excluding carboxylic acids is 2. The Morgan fingerprint density at radius 2 is 1.94 bits per heavy atom. The molecule has 3 rings (SSSR count). The van der Waals surface area contributed by atoms with Crippen LogP contribution in [-0.4, -0.2) is 58.9 Å². The monoisotopic (exact) mass is 439 g/mol. The van der Waals surface area contributed by atoms with E-state index in [0.29, 0.717) is 36.7 Å². The summed E-state index contributed by atoms with van der Waals surface area (Å²) >= 11 is 1.41. The number of likely N-dealkylation sites (N-methyl/N-ethyl adjacent to an activating group) is 1. The van der Waals surface area contributed by atoms with Gasteiger partial charge in [-0.25, -0.2) is 4.79 Å². The summed E-state index contributed by atoms with van der Waals surface area (Å²) in [6, 6.07) is 6.74. The largest absolute Gasteiger partial charge is 0.396 e. The van der Waals surface area contributed by atoms with E-state index < -0.39 is 0 Å². The van der Waals surface area contributed by atoms with E-state index in [1.165, 1.54) is 11.3 Å². The van der Waals surface area contributed by atoms with Gasteiger partial charge in [-0.3, -0.25) is 14.8 Å². The van der Waals surface area contributed by atoms with E-state index in [1.807, 2.05) is 19.0 Å². The molecule has 31 heavy (non-hydrogen) atoms. The number of carbonyl (C=O) groups is 2. The highest BCUT2D eigenvalue weighted by Gasteiger charge is 2.16. The van der Waals surface area contributed by atoms with E-state index in [2.05, 4.69) is 20.6 Å². The van der Waals surface area contributed by atoms with Crippen molar-refractivity contribution in [3.8, 4) is 0 Å². The summed E-state index contributed by atoms with van der Waals surface area (Å²) in [6.07, 6.45) is 4.85. The van der Waals surface area contributed by atoms with Gasteiger partial charge in [-0.05, 0) is 37.9 Å². The first-order chi connectivity index (χ1) is 14.9. The Morgan fingerprint density at radius 3 is 2.55 bits per heavy atom. The van der Waals surface area contributed by atoms with Gasteiger partial charge in [-0.15, -0.1) is 11.3 Å². The summed E-state index contributed by atoms with van der Waals surface area (Å²) in [5.41, 5.74) is 8.60. The van der Waals surface area contributed by atoms with Crippen LogP contribution in [0.25, 0.3) is 0 Å². The molecule has 0 atom stereocenters. The highest BCUT2D eigenvalue weighted by atomic mass is 32.1. The molecule has 0 unspecified atom stereocenters. The molecule has 0 aliphatic rings. The van der Waals surface area contributed by atoms with Gasteiger partial charge in [0.1, 0.15) is 5.69 Å². The highest BCUT2D eigenvalue weighted by Crippen LogP contribution is 2.23. The van der Waals surface area contributed by atoms with Crippen LogP contribution >= 0.6 is 11.3 Å². The van der Waals surface area contributed by atoms with Crippen molar-refractivity contribution >= 4 is 40.3 Å². The van der Waals surface area contributed by atoms with Crippen molar-refractivity contribution in [2.45, 2.75) is 6.54 Å². The number of nitrogens with two attached hydrogens (primary N) is 1. The molecule has 162 valence electrons. The number of rotatable bonds is 8. The smallest absolute Gasteiger partial charge is 0.322 e. The molecule has 0 spiro atoms. The Labute approximate surface area is 184 Å². The van der Waals surface area contributed by atoms with Crippen molar-refractivity contribution in [2.24, 2.45) is 0 Å². The van der Waals surface area contributed by atoms with Gasteiger partial charge in [0.15, 0.2) is 0 Å². The van der Waals surface area contributed by atoms with Gasteiger partial charge in [0, 0.05) is 42.8 Å². The van der Waals surface area contributed by atoms with Crippen LogP contribution in [0.15, 0.2) is 53.6 Å². The molecule has 3 heterocycles. The fourth-order valence-electron chi connectivity index (χ4n) is 2.68. The minimum atomic E-state index is -0.338. The molecule has 9 nitrogen and oxygen atoms in total. The molecule has 4 N–H and O–H groups in total. The summed E-state index contributed by atoms with van der Waals surface area (Å²) in [5, 5.41) is 9.12. The van der Waals surface area contributed by atoms with E-state index in [1.54, 1.807) is 58.5 Å². The van der Waals surface area contributed by atoms with Crippen molar-refractivity contribution in [1.82, 2.24) is 19.8 Å². The molecular weight excluding hydrogens is 414 g/mol. The molecule has 0 fully saturated rings. The van der Waals surface area contributed by atoms with Crippen LogP contribution < -0.4 is 16.4 Å². The zero-order valence-electron chi connectivity index (χ0n) is 17.4. The average Bonchev–Trinajstić information content (AvgIpc) is 3.16. The van der Waals surface area contributed by atoms with Crippen LogP contribution in [0.5, 0.6) is 0 Å². The van der Waals surface area contributed by atoms with Crippen molar-refractivity contribution in [1.29, 1.82) is 0 Å². The minimum absolute atomic E-state index is 0.232. The molecule has 0 bridgehead atoms. The van der Waals surface area contributed by atoms with Gasteiger partial charge in [-0.1, -0.05) is 6.07 Å². The van der Waals surface area contributed by atoms with Crippen LogP contribution in [0.4, 0.5) is 21.9 Å². The molecule has 0 saturated heterocycles. The fraction of sp³-hybridized carbons (Fsp3) is 0.238. The Hall–Kier alpha value is -3.50. The van der Waals surface area contributed by atoms with Crippen molar-refractivity contribution in [3.05, 3.63) is 64.9 Å². The van der Waals surface area contributed by atoms with Gasteiger partial charge in [0.25, 0.3) is 5.91 Å². The first kappa shape index (κ1) is 22.2. The average molecular weight is 440 g/mol. The molecule has 3 aromatic heterocycles. The zero-order chi connectivity index (χ0) is 22.2. The molecule has 0 aromatic carbocycles. The van der Waals surface area contributed by atoms with E-state index in [0.717, 1.165) is 5.56 Å². The van der Waals surface area contributed by atoms with Crippen molar-refractivity contribution in [2.75, 3.05) is 43.6 Å². The van der Waals surface area contributed by atoms with Crippen LogP contribution in [0.1, 0.15) is 16.1 Å².